The zero-order valence-electron chi connectivity index (χ0n) is 39.7. The van der Waals surface area contributed by atoms with E-state index in [1.807, 2.05) is 23.1 Å². The molecule has 2 atom stereocenters. The van der Waals surface area contributed by atoms with Crippen LogP contribution in [-0.2, 0) is 10.8 Å². The van der Waals surface area contributed by atoms with E-state index in [0.717, 1.165) is 12.1 Å². The van der Waals surface area contributed by atoms with Crippen LogP contribution in [0, 0.1) is 5.92 Å². The highest BCUT2D eigenvalue weighted by Crippen LogP contribution is 2.67. The molecule has 0 amide bonds. The van der Waals surface area contributed by atoms with Gasteiger partial charge in [0.1, 0.15) is 0 Å². The summed E-state index contributed by atoms with van der Waals surface area (Å²) < 4.78 is 2.62. The van der Waals surface area contributed by atoms with Gasteiger partial charge in [-0.2, -0.15) is 0 Å². The van der Waals surface area contributed by atoms with Gasteiger partial charge in [0.15, 0.2) is 0 Å². The molecule has 1 aromatic heterocycles. The minimum absolute atomic E-state index is 0.00404. The Balaban J connectivity index is 0.896. The summed E-state index contributed by atoms with van der Waals surface area (Å²) in [5.41, 5.74) is 21.0. The number of rotatable bonds is 5. The largest absolute Gasteiger partial charge is 0.276 e. The average molecular weight is 954 g/mol. The topological polar surface area (TPSA) is 12.4 Å². The predicted octanol–water partition coefficient (Wildman–Crippen LogP) is 17.9. The van der Waals surface area contributed by atoms with Gasteiger partial charge in [0.05, 0.1) is 22.6 Å². The van der Waals surface area contributed by atoms with E-state index in [-0.39, 0.29) is 12.0 Å². The Morgan fingerprint density at radius 3 is 1.61 bits per heavy atom. The fourth-order valence-electron chi connectivity index (χ4n) is 13.5. The van der Waals surface area contributed by atoms with E-state index in [0.29, 0.717) is 0 Å². The number of dihydropyridines is 1. The monoisotopic (exact) mass is 953 g/mol. The van der Waals surface area contributed by atoms with Gasteiger partial charge in [0.25, 0.3) is 0 Å². The highest BCUT2D eigenvalue weighted by molar-refractivity contribution is 7.99. The summed E-state index contributed by atoms with van der Waals surface area (Å²) in [5, 5.41) is 2.63. The van der Waals surface area contributed by atoms with Crippen LogP contribution in [0.1, 0.15) is 80.6 Å². The summed E-state index contributed by atoms with van der Waals surface area (Å²) >= 11 is 3.80. The SMILES string of the molecule is CCC1C(c2ccc(-c3cccc4c3Sc3ccccc3C43c4ccccc4C4(c5ccccc5-c5ccccc54)c4ccccc43)cc2)=CC(c2ccc3c(c2)sc2ccccc23)=NC1c1ccccc1. The van der Waals surface area contributed by atoms with Crippen molar-refractivity contribution in [2.24, 2.45) is 10.9 Å². The molecule has 11 aromatic rings. The Bertz CT molecular complexity index is 3980. The standard InChI is InChI=1S/C69H47NS2/c1-2-47-53(42-62(70-66(47)45-19-4-3-5-20-45)46-39-40-52-51-23-8-16-33-63(51)71-65(52)41-46)44-37-35-43(36-38-44)48-24-18-32-61-67(48)72-64-34-17-15-31-60(64)69(61)58-29-13-11-27-56(58)68(57-28-12-14-30-59(57)69)54-25-9-6-21-49(54)50-22-7-10-26-55(50)68/h3-42,47,66H,2H2,1H3. The van der Waals surface area contributed by atoms with Crippen LogP contribution in [-0.4, -0.2) is 5.71 Å². The molecule has 2 unspecified atom stereocenters. The zero-order valence-corrected chi connectivity index (χ0v) is 41.4. The number of hydrogen-bond donors (Lipinski definition) is 0. The molecule has 4 aliphatic rings. The number of fused-ring (bicyclic) bond motifs is 18. The zero-order chi connectivity index (χ0) is 47.5. The fraction of sp³-hybridized carbons (Fsp3) is 0.0870. The molecule has 0 saturated heterocycles. The molecule has 3 heterocycles. The maximum absolute atomic E-state index is 5.60. The highest BCUT2D eigenvalue weighted by atomic mass is 32.2. The molecule has 0 bridgehead atoms. The Labute approximate surface area is 428 Å². The van der Waals surface area contributed by atoms with Gasteiger partial charge in [-0.05, 0) is 114 Å². The number of hydrogen-bond acceptors (Lipinski definition) is 3. The van der Waals surface area contributed by atoms with E-state index in [4.69, 9.17) is 4.99 Å². The van der Waals surface area contributed by atoms with Crippen molar-refractivity contribution in [3.05, 3.63) is 304 Å². The number of nitrogens with zero attached hydrogens (tertiary/aromatic N) is 1. The van der Waals surface area contributed by atoms with Gasteiger partial charge in [-0.3, -0.25) is 4.99 Å². The summed E-state index contributed by atoms with van der Waals surface area (Å²) in [7, 11) is 0. The molecule has 72 heavy (non-hydrogen) atoms. The quantitative estimate of drug-likeness (QED) is 0.167. The first kappa shape index (κ1) is 41.9. The van der Waals surface area contributed by atoms with Crippen molar-refractivity contribution in [1.82, 2.24) is 0 Å². The molecule has 3 heteroatoms. The van der Waals surface area contributed by atoms with Crippen LogP contribution in [0.25, 0.3) is 48.0 Å². The molecular formula is C69H47NS2. The van der Waals surface area contributed by atoms with Gasteiger partial charge >= 0.3 is 0 Å². The van der Waals surface area contributed by atoms with Crippen LogP contribution in [0.15, 0.2) is 257 Å². The summed E-state index contributed by atoms with van der Waals surface area (Å²) in [6, 6.07) is 89.5. The van der Waals surface area contributed by atoms with E-state index in [1.54, 1.807) is 0 Å². The van der Waals surface area contributed by atoms with Crippen molar-refractivity contribution < 1.29 is 0 Å². The second-order valence-corrected chi connectivity index (χ2v) is 22.0. The summed E-state index contributed by atoms with van der Waals surface area (Å²) in [5.74, 6) is 0.222. The molecule has 2 aliphatic heterocycles. The molecule has 340 valence electrons. The second kappa shape index (κ2) is 16.1. The lowest BCUT2D eigenvalue weighted by Gasteiger charge is -2.52. The minimum atomic E-state index is -0.569. The van der Waals surface area contributed by atoms with Gasteiger partial charge in [-0.25, -0.2) is 0 Å². The Kier molecular flexibility index (Phi) is 9.37. The fourth-order valence-corrected chi connectivity index (χ4v) is 16.0. The predicted molar refractivity (Wildman–Crippen MR) is 302 cm³/mol. The molecule has 2 spiro atoms. The lowest BCUT2D eigenvalue weighted by Crippen LogP contribution is -2.45. The Hall–Kier alpha value is -7.82. The lowest BCUT2D eigenvalue weighted by molar-refractivity contribution is 0.519. The van der Waals surface area contributed by atoms with Crippen LogP contribution < -0.4 is 0 Å². The average Bonchev–Trinajstić information content (AvgIpc) is 3.98. The molecule has 10 aromatic carbocycles. The van der Waals surface area contributed by atoms with Crippen molar-refractivity contribution in [1.29, 1.82) is 0 Å². The molecule has 15 rings (SSSR count). The Morgan fingerprint density at radius 2 is 0.931 bits per heavy atom. The molecule has 2 aliphatic carbocycles. The van der Waals surface area contributed by atoms with Gasteiger partial charge in [-0.1, -0.05) is 237 Å². The maximum atomic E-state index is 5.60. The van der Waals surface area contributed by atoms with Gasteiger partial charge in [-0.15, -0.1) is 11.3 Å². The third-order valence-corrected chi connectivity index (χ3v) is 18.8. The van der Waals surface area contributed by atoms with Crippen molar-refractivity contribution in [2.75, 3.05) is 0 Å². The number of allylic oxidation sites excluding steroid dienone is 1. The number of benzene rings is 10. The number of aliphatic imine (C=N–C) groups is 1. The third kappa shape index (κ3) is 5.75. The first-order valence-corrected chi connectivity index (χ1v) is 27.0. The molecule has 1 nitrogen and oxygen atoms in total. The van der Waals surface area contributed by atoms with Crippen LogP contribution >= 0.6 is 23.1 Å². The van der Waals surface area contributed by atoms with E-state index in [9.17, 15) is 0 Å². The van der Waals surface area contributed by atoms with Gasteiger partial charge < -0.3 is 0 Å². The molecule has 0 radical (unpaired) electrons. The maximum Gasteiger partial charge on any atom is 0.0825 e. The minimum Gasteiger partial charge on any atom is -0.276 e. The van der Waals surface area contributed by atoms with Crippen molar-refractivity contribution in [2.45, 2.75) is 40.0 Å². The first-order valence-electron chi connectivity index (χ1n) is 25.3. The van der Waals surface area contributed by atoms with Crippen molar-refractivity contribution in [3.63, 3.8) is 0 Å². The van der Waals surface area contributed by atoms with Crippen LogP contribution in [0.5, 0.6) is 0 Å². The molecular weight excluding hydrogens is 907 g/mol. The van der Waals surface area contributed by atoms with Gasteiger partial charge in [0, 0.05) is 41.4 Å². The van der Waals surface area contributed by atoms with E-state index < -0.39 is 10.8 Å². The summed E-state index contributed by atoms with van der Waals surface area (Å²) in [6.07, 6.45) is 3.37. The summed E-state index contributed by atoms with van der Waals surface area (Å²) in [4.78, 5) is 8.22. The molecule has 0 saturated carbocycles. The smallest absolute Gasteiger partial charge is 0.0825 e. The first-order chi connectivity index (χ1) is 35.7. The summed E-state index contributed by atoms with van der Waals surface area (Å²) in [6.45, 7) is 2.32. The third-order valence-electron chi connectivity index (χ3n) is 16.5. The second-order valence-electron chi connectivity index (χ2n) is 19.8. The van der Waals surface area contributed by atoms with Crippen molar-refractivity contribution in [3.8, 4) is 22.3 Å². The molecule has 0 N–H and O–H groups in total. The van der Waals surface area contributed by atoms with Crippen molar-refractivity contribution >= 4 is 54.6 Å². The van der Waals surface area contributed by atoms with Crippen LogP contribution in [0.3, 0.4) is 0 Å². The number of thiophene rings is 1. The van der Waals surface area contributed by atoms with E-state index in [1.165, 1.54) is 119 Å². The van der Waals surface area contributed by atoms with Crippen LogP contribution in [0.2, 0.25) is 0 Å². The van der Waals surface area contributed by atoms with E-state index >= 15 is 0 Å². The van der Waals surface area contributed by atoms with Gasteiger partial charge in [0.2, 0.25) is 0 Å². The lowest BCUT2D eigenvalue weighted by atomic mass is 9.51. The van der Waals surface area contributed by atoms with Crippen LogP contribution in [0.4, 0.5) is 0 Å². The molecule has 0 fully saturated rings. The Morgan fingerprint density at radius 1 is 0.417 bits per heavy atom. The van der Waals surface area contributed by atoms with E-state index in [2.05, 4.69) is 250 Å². The normalized spacial score (nSPS) is 17.3. The highest BCUT2D eigenvalue weighted by Gasteiger charge is 2.58.